The molecule has 0 bridgehead atoms. The lowest BCUT2D eigenvalue weighted by Crippen LogP contribution is -1.97. The van der Waals surface area contributed by atoms with Gasteiger partial charge in [-0.05, 0) is 65.3 Å². The molecule has 0 aromatic heterocycles. The molecule has 0 aliphatic heterocycles. The molecule has 19 heavy (non-hydrogen) atoms. The quantitative estimate of drug-likeness (QED) is 0.486. The Labute approximate surface area is 118 Å². The van der Waals surface area contributed by atoms with Crippen LogP contribution in [0.15, 0.2) is 28.7 Å². The molecule has 2 rings (SSSR count). The van der Waals surface area contributed by atoms with E-state index in [0.29, 0.717) is 27.2 Å². The second kappa shape index (κ2) is 5.09. The third-order valence-corrected chi connectivity index (χ3v) is 3.61. The molecule has 2 aromatic rings. The first-order chi connectivity index (χ1) is 8.95. The van der Waals surface area contributed by atoms with Crippen LogP contribution in [0.5, 0.6) is 0 Å². The largest absolute Gasteiger partial charge is 0.295 e. The zero-order valence-electron chi connectivity index (χ0n) is 10.3. The summed E-state index contributed by atoms with van der Waals surface area (Å²) in [6.45, 7) is 5.29. The van der Waals surface area contributed by atoms with E-state index >= 15 is 0 Å². The van der Waals surface area contributed by atoms with E-state index in [2.05, 4.69) is 22.9 Å². The average molecular weight is 321 g/mol. The topological polar surface area (TPSA) is 60.2 Å². The molecular formula is C14H11BrNO3. The van der Waals surface area contributed by atoms with Crippen LogP contribution in [-0.2, 0) is 6.42 Å². The Morgan fingerprint density at radius 2 is 2.05 bits per heavy atom. The van der Waals surface area contributed by atoms with Gasteiger partial charge >= 0.3 is 0 Å². The number of rotatable bonds is 3. The van der Waals surface area contributed by atoms with Gasteiger partial charge in [-0.2, -0.15) is 0 Å². The minimum atomic E-state index is -0.424. The summed E-state index contributed by atoms with van der Waals surface area (Å²) in [5.74, 6) is -0.0671. The summed E-state index contributed by atoms with van der Waals surface area (Å²) in [6, 6.07) is 6.61. The summed E-state index contributed by atoms with van der Waals surface area (Å²) in [7, 11) is 0. The molecule has 0 saturated heterocycles. The number of fused-ring (bicyclic) bond motifs is 1. The lowest BCUT2D eigenvalue weighted by Gasteiger charge is -2.08. The normalized spacial score (nSPS) is 10.7. The number of nitrogens with zero attached hydrogens (tertiary/aromatic N) is 1. The van der Waals surface area contributed by atoms with Gasteiger partial charge in [0, 0.05) is 5.56 Å². The van der Waals surface area contributed by atoms with Crippen molar-refractivity contribution in [2.24, 2.45) is 0 Å². The number of nitro groups is 1. The fourth-order valence-electron chi connectivity index (χ4n) is 2.06. The first kappa shape index (κ1) is 13.7. The van der Waals surface area contributed by atoms with Gasteiger partial charge in [0.1, 0.15) is 0 Å². The van der Waals surface area contributed by atoms with E-state index in [1.54, 1.807) is 24.3 Å². The van der Waals surface area contributed by atoms with Crippen molar-refractivity contribution in [3.8, 4) is 0 Å². The van der Waals surface area contributed by atoms with Crippen LogP contribution in [0.4, 0.5) is 5.69 Å². The van der Waals surface area contributed by atoms with E-state index in [-0.39, 0.29) is 11.5 Å². The van der Waals surface area contributed by atoms with Gasteiger partial charge in [0.2, 0.25) is 0 Å². The summed E-state index contributed by atoms with van der Waals surface area (Å²) in [5.41, 5.74) is 1.43. The molecule has 0 amide bonds. The van der Waals surface area contributed by atoms with Crippen molar-refractivity contribution in [1.29, 1.82) is 0 Å². The van der Waals surface area contributed by atoms with E-state index in [1.165, 1.54) is 6.92 Å². The highest BCUT2D eigenvalue weighted by Crippen LogP contribution is 2.36. The zero-order valence-corrected chi connectivity index (χ0v) is 11.9. The second-order valence-corrected chi connectivity index (χ2v) is 5.04. The van der Waals surface area contributed by atoms with Crippen molar-refractivity contribution in [3.63, 3.8) is 0 Å². The van der Waals surface area contributed by atoms with Gasteiger partial charge in [-0.1, -0.05) is 6.07 Å². The van der Waals surface area contributed by atoms with Crippen LogP contribution in [0, 0.1) is 17.0 Å². The van der Waals surface area contributed by atoms with E-state index in [1.807, 2.05) is 0 Å². The highest BCUT2D eigenvalue weighted by Gasteiger charge is 2.19. The summed E-state index contributed by atoms with van der Waals surface area (Å²) >= 11 is 3.22. The Morgan fingerprint density at radius 3 is 2.58 bits per heavy atom. The van der Waals surface area contributed by atoms with E-state index < -0.39 is 4.92 Å². The fraction of sp³-hybridized carbons (Fsp3) is 0.143. The van der Waals surface area contributed by atoms with E-state index in [0.717, 1.165) is 5.56 Å². The summed E-state index contributed by atoms with van der Waals surface area (Å²) in [6.07, 6.45) is 0.494. The van der Waals surface area contributed by atoms with Gasteiger partial charge in [0.15, 0.2) is 5.78 Å². The van der Waals surface area contributed by atoms with E-state index in [9.17, 15) is 14.9 Å². The van der Waals surface area contributed by atoms with Crippen molar-refractivity contribution in [2.75, 3.05) is 0 Å². The molecule has 4 nitrogen and oxygen atoms in total. The number of hydrogen-bond donors (Lipinski definition) is 0. The first-order valence-electron chi connectivity index (χ1n) is 5.65. The van der Waals surface area contributed by atoms with Crippen LogP contribution in [-0.4, -0.2) is 10.7 Å². The maximum absolute atomic E-state index is 11.4. The standard InChI is InChI=1S/C14H11BrNO3/c1-3-9-7-13(15)14(16(18)19)11-5-4-10(8(2)17)6-12(9)11/h4-7H,1,3H2,2H3. The lowest BCUT2D eigenvalue weighted by molar-refractivity contribution is -0.383. The van der Waals surface area contributed by atoms with Crippen molar-refractivity contribution < 1.29 is 9.72 Å². The molecular weight excluding hydrogens is 310 g/mol. The van der Waals surface area contributed by atoms with Crippen LogP contribution in [0.25, 0.3) is 10.8 Å². The van der Waals surface area contributed by atoms with Crippen LogP contribution >= 0.6 is 15.9 Å². The summed E-state index contributed by atoms with van der Waals surface area (Å²) in [5, 5.41) is 12.4. The van der Waals surface area contributed by atoms with E-state index in [4.69, 9.17) is 0 Å². The maximum atomic E-state index is 11.4. The Hall–Kier alpha value is -1.75. The van der Waals surface area contributed by atoms with Crippen LogP contribution in [0.3, 0.4) is 0 Å². The third-order valence-electron chi connectivity index (χ3n) is 3.01. The van der Waals surface area contributed by atoms with Crippen molar-refractivity contribution >= 4 is 38.2 Å². The fourth-order valence-corrected chi connectivity index (χ4v) is 2.69. The van der Waals surface area contributed by atoms with Crippen molar-refractivity contribution in [2.45, 2.75) is 13.3 Å². The molecule has 0 aliphatic carbocycles. The van der Waals surface area contributed by atoms with Gasteiger partial charge in [-0.15, -0.1) is 0 Å². The SMILES string of the molecule is [CH2]Cc1cc(Br)c([N+](=O)[O-])c2ccc(C(C)=O)cc12. The number of Topliss-reactive ketones (excluding diaryl/α,β-unsaturated/α-hetero) is 1. The van der Waals surface area contributed by atoms with Crippen molar-refractivity contribution in [3.05, 3.63) is 56.9 Å². The number of halogens is 1. The second-order valence-electron chi connectivity index (χ2n) is 4.19. The molecule has 0 atom stereocenters. The van der Waals surface area contributed by atoms with Gasteiger partial charge in [0.05, 0.1) is 14.8 Å². The van der Waals surface area contributed by atoms with Crippen LogP contribution < -0.4 is 0 Å². The minimum absolute atomic E-state index is 0.0160. The lowest BCUT2D eigenvalue weighted by atomic mass is 9.98. The molecule has 1 radical (unpaired) electrons. The Balaban J connectivity index is 2.90. The monoisotopic (exact) mass is 320 g/mol. The third kappa shape index (κ3) is 2.38. The number of nitro benzene ring substituents is 1. The summed E-state index contributed by atoms with van der Waals surface area (Å²) < 4.78 is 0.430. The number of carbonyl (C=O) groups is 1. The predicted octanol–water partition coefficient (Wildman–Crippen LogP) is 4.09. The predicted molar refractivity (Wildman–Crippen MR) is 77.4 cm³/mol. The van der Waals surface area contributed by atoms with Gasteiger partial charge in [0.25, 0.3) is 5.69 Å². The first-order valence-corrected chi connectivity index (χ1v) is 6.44. The number of benzene rings is 2. The highest BCUT2D eigenvalue weighted by atomic mass is 79.9. The van der Waals surface area contributed by atoms with Gasteiger partial charge in [-0.25, -0.2) is 0 Å². The molecule has 0 saturated carbocycles. The summed E-state index contributed by atoms with van der Waals surface area (Å²) in [4.78, 5) is 22.1. The minimum Gasteiger partial charge on any atom is -0.295 e. The highest BCUT2D eigenvalue weighted by molar-refractivity contribution is 9.10. The number of hydrogen-bond acceptors (Lipinski definition) is 3. The molecule has 2 aromatic carbocycles. The molecule has 0 unspecified atom stereocenters. The van der Waals surface area contributed by atoms with Crippen LogP contribution in [0.2, 0.25) is 0 Å². The molecule has 0 spiro atoms. The number of carbonyl (C=O) groups excluding carboxylic acids is 1. The van der Waals surface area contributed by atoms with Crippen molar-refractivity contribution in [1.82, 2.24) is 0 Å². The Morgan fingerprint density at radius 1 is 1.37 bits per heavy atom. The molecule has 5 heteroatoms. The molecule has 0 heterocycles. The molecule has 97 valence electrons. The Bertz CT molecular complexity index is 695. The van der Waals surface area contributed by atoms with Gasteiger partial charge in [-0.3, -0.25) is 14.9 Å². The average Bonchev–Trinajstić information content (AvgIpc) is 2.36. The number of ketones is 1. The zero-order chi connectivity index (χ0) is 14.2. The van der Waals surface area contributed by atoms with Gasteiger partial charge < -0.3 is 0 Å². The molecule has 0 fully saturated rings. The molecule has 0 aliphatic rings. The Kier molecular flexibility index (Phi) is 3.66. The van der Waals surface area contributed by atoms with Crippen LogP contribution in [0.1, 0.15) is 22.8 Å². The smallest absolute Gasteiger partial charge is 0.291 e. The molecule has 0 N–H and O–H groups in total. The maximum Gasteiger partial charge on any atom is 0.291 e.